The Hall–Kier alpha value is -2.04. The summed E-state index contributed by atoms with van der Waals surface area (Å²) in [6.07, 6.45) is -0.908. The number of aromatic carboxylic acids is 1. The third-order valence-electron chi connectivity index (χ3n) is 3.15. The van der Waals surface area contributed by atoms with Crippen molar-refractivity contribution in [1.82, 2.24) is 0 Å². The van der Waals surface area contributed by atoms with E-state index in [9.17, 15) is 14.7 Å². The summed E-state index contributed by atoms with van der Waals surface area (Å²) in [7, 11) is 0. The molecule has 0 radical (unpaired) electrons. The molecule has 3 N–H and O–H groups in total. The summed E-state index contributed by atoms with van der Waals surface area (Å²) < 4.78 is 5.21. The van der Waals surface area contributed by atoms with Gasteiger partial charge in [-0.3, -0.25) is 0 Å². The van der Waals surface area contributed by atoms with Gasteiger partial charge in [0.15, 0.2) is 0 Å². The lowest BCUT2D eigenvalue weighted by atomic mass is 9.78. The smallest absolute Gasteiger partial charge is 0.409 e. The topological polar surface area (TPSA) is 89.6 Å². The molecule has 0 saturated carbocycles. The zero-order valence-corrected chi connectivity index (χ0v) is 13.4. The summed E-state index contributed by atoms with van der Waals surface area (Å²) in [6, 6.07) is 3.08. The SMILES string of the molecule is CC(C)(C)c1cc(C(=O)O)cc(C(C)(C)C)c1OC(N)=O. The number of benzene rings is 1. The first-order chi connectivity index (χ1) is 9.34. The molecule has 5 nitrogen and oxygen atoms in total. The van der Waals surface area contributed by atoms with E-state index in [4.69, 9.17) is 10.5 Å². The lowest BCUT2D eigenvalue weighted by Gasteiger charge is -2.29. The van der Waals surface area contributed by atoms with Crippen LogP contribution in [0.15, 0.2) is 12.1 Å². The quantitative estimate of drug-likeness (QED) is 0.874. The largest absolute Gasteiger partial charge is 0.478 e. The predicted octanol–water partition coefficient (Wildman–Crippen LogP) is 3.44. The van der Waals surface area contributed by atoms with Gasteiger partial charge in [0.1, 0.15) is 5.75 Å². The maximum Gasteiger partial charge on any atom is 0.409 e. The van der Waals surface area contributed by atoms with Crippen LogP contribution in [0.2, 0.25) is 0 Å². The van der Waals surface area contributed by atoms with Crippen molar-refractivity contribution in [1.29, 1.82) is 0 Å². The van der Waals surface area contributed by atoms with E-state index in [0.717, 1.165) is 0 Å². The second-order valence-electron chi connectivity index (χ2n) is 7.13. The first-order valence-electron chi connectivity index (χ1n) is 6.73. The zero-order chi connectivity index (χ0) is 16.6. The van der Waals surface area contributed by atoms with Gasteiger partial charge in [-0.15, -0.1) is 0 Å². The van der Waals surface area contributed by atoms with Crippen molar-refractivity contribution in [2.75, 3.05) is 0 Å². The molecule has 0 fully saturated rings. The highest BCUT2D eigenvalue weighted by Gasteiger charge is 2.29. The molecule has 0 aliphatic rings. The molecule has 5 heteroatoms. The Kier molecular flexibility index (Phi) is 4.37. The molecule has 0 atom stereocenters. The average molecular weight is 293 g/mol. The number of primary amides is 1. The monoisotopic (exact) mass is 293 g/mol. The molecule has 1 aromatic rings. The molecule has 0 saturated heterocycles. The molecule has 0 spiro atoms. The first kappa shape index (κ1) is 17.0. The first-order valence-corrected chi connectivity index (χ1v) is 6.73. The highest BCUT2D eigenvalue weighted by atomic mass is 16.5. The van der Waals surface area contributed by atoms with E-state index in [1.807, 2.05) is 41.5 Å². The number of amides is 1. The van der Waals surface area contributed by atoms with Crippen molar-refractivity contribution in [3.63, 3.8) is 0 Å². The molecule has 0 bridgehead atoms. The van der Waals surface area contributed by atoms with Gasteiger partial charge in [0.05, 0.1) is 5.56 Å². The van der Waals surface area contributed by atoms with Gasteiger partial charge in [0, 0.05) is 11.1 Å². The van der Waals surface area contributed by atoms with Crippen LogP contribution in [-0.2, 0) is 10.8 Å². The van der Waals surface area contributed by atoms with Crippen LogP contribution in [0.5, 0.6) is 5.75 Å². The van der Waals surface area contributed by atoms with Crippen LogP contribution in [0, 0.1) is 0 Å². The Morgan fingerprint density at radius 3 is 1.62 bits per heavy atom. The van der Waals surface area contributed by atoms with Gasteiger partial charge >= 0.3 is 12.1 Å². The number of carboxylic acid groups (broad SMARTS) is 1. The highest BCUT2D eigenvalue weighted by molar-refractivity contribution is 5.89. The van der Waals surface area contributed by atoms with Crippen LogP contribution < -0.4 is 10.5 Å². The lowest BCUT2D eigenvalue weighted by Crippen LogP contribution is -2.25. The van der Waals surface area contributed by atoms with Gasteiger partial charge in [-0.1, -0.05) is 41.5 Å². The molecule has 21 heavy (non-hydrogen) atoms. The molecule has 0 heterocycles. The standard InChI is InChI=1S/C16H23NO4/c1-15(2,3)10-7-9(13(18)19)8-11(16(4,5)6)12(10)21-14(17)20/h7-8H,1-6H3,(H2,17,20)(H,18,19). The molecule has 0 unspecified atom stereocenters. The number of hydrogen-bond acceptors (Lipinski definition) is 3. The number of hydrogen-bond donors (Lipinski definition) is 2. The molecule has 116 valence electrons. The van der Waals surface area contributed by atoms with Crippen LogP contribution in [0.25, 0.3) is 0 Å². The highest BCUT2D eigenvalue weighted by Crippen LogP contribution is 2.40. The molecule has 1 aromatic carbocycles. The Labute approximate surface area is 125 Å². The van der Waals surface area contributed by atoms with E-state index in [1.54, 1.807) is 0 Å². The minimum Gasteiger partial charge on any atom is -0.478 e. The maximum atomic E-state index is 11.4. The minimum atomic E-state index is -1.02. The van der Waals surface area contributed by atoms with Crippen LogP contribution in [0.1, 0.15) is 63.0 Å². The Morgan fingerprint density at radius 1 is 1.00 bits per heavy atom. The molecular formula is C16H23NO4. The van der Waals surface area contributed by atoms with Crippen molar-refractivity contribution in [3.8, 4) is 5.75 Å². The predicted molar refractivity (Wildman–Crippen MR) is 81.0 cm³/mol. The number of nitrogens with two attached hydrogens (primary N) is 1. The molecule has 1 rings (SSSR count). The van der Waals surface area contributed by atoms with E-state index in [-0.39, 0.29) is 5.56 Å². The van der Waals surface area contributed by atoms with Crippen LogP contribution in [0.4, 0.5) is 4.79 Å². The average Bonchev–Trinajstić information content (AvgIpc) is 2.24. The van der Waals surface area contributed by atoms with Crippen LogP contribution >= 0.6 is 0 Å². The number of carboxylic acids is 1. The Bertz CT molecular complexity index is 542. The fraction of sp³-hybridized carbons (Fsp3) is 0.500. The second kappa shape index (κ2) is 5.39. The summed E-state index contributed by atoms with van der Waals surface area (Å²) in [6.45, 7) is 11.5. The third-order valence-corrected chi connectivity index (χ3v) is 3.15. The summed E-state index contributed by atoms with van der Waals surface area (Å²) in [5.74, 6) is -0.663. The number of ether oxygens (including phenoxy) is 1. The number of carbonyl (C=O) groups excluding carboxylic acids is 1. The summed E-state index contributed by atoms with van der Waals surface area (Å²) in [4.78, 5) is 22.6. The molecule has 0 aliphatic heterocycles. The Morgan fingerprint density at radius 2 is 1.38 bits per heavy atom. The summed E-state index contributed by atoms with van der Waals surface area (Å²) in [5, 5.41) is 9.31. The van der Waals surface area contributed by atoms with Crippen molar-refractivity contribution in [2.45, 2.75) is 52.4 Å². The van der Waals surface area contributed by atoms with Crippen molar-refractivity contribution < 1.29 is 19.4 Å². The van der Waals surface area contributed by atoms with Crippen molar-refractivity contribution in [2.24, 2.45) is 5.73 Å². The van der Waals surface area contributed by atoms with Gasteiger partial charge in [0.2, 0.25) is 0 Å². The van der Waals surface area contributed by atoms with Gasteiger partial charge in [-0.05, 0) is 23.0 Å². The molecule has 0 aromatic heterocycles. The third kappa shape index (κ3) is 3.97. The van der Waals surface area contributed by atoms with Crippen LogP contribution in [0.3, 0.4) is 0 Å². The van der Waals surface area contributed by atoms with Gasteiger partial charge in [-0.25, -0.2) is 9.59 Å². The Balaban J connectivity index is 3.77. The van der Waals surface area contributed by atoms with Crippen LogP contribution in [-0.4, -0.2) is 17.2 Å². The van der Waals surface area contributed by atoms with Crippen molar-refractivity contribution in [3.05, 3.63) is 28.8 Å². The van der Waals surface area contributed by atoms with Crippen molar-refractivity contribution >= 4 is 12.1 Å². The number of rotatable bonds is 2. The van der Waals surface area contributed by atoms with Gasteiger partial charge < -0.3 is 15.6 Å². The maximum absolute atomic E-state index is 11.4. The normalized spacial score (nSPS) is 12.1. The van der Waals surface area contributed by atoms with E-state index in [1.165, 1.54) is 12.1 Å². The fourth-order valence-corrected chi connectivity index (χ4v) is 2.08. The minimum absolute atomic E-state index is 0.168. The van der Waals surface area contributed by atoms with E-state index in [0.29, 0.717) is 16.9 Å². The van der Waals surface area contributed by atoms with E-state index >= 15 is 0 Å². The summed E-state index contributed by atoms with van der Waals surface area (Å²) in [5.41, 5.74) is 5.84. The second-order valence-corrected chi connectivity index (χ2v) is 7.13. The lowest BCUT2D eigenvalue weighted by molar-refractivity contribution is 0.0696. The zero-order valence-electron chi connectivity index (χ0n) is 13.4. The number of carbonyl (C=O) groups is 2. The molecule has 1 amide bonds. The van der Waals surface area contributed by atoms with E-state index < -0.39 is 22.9 Å². The molecular weight excluding hydrogens is 270 g/mol. The van der Waals surface area contributed by atoms with Gasteiger partial charge in [-0.2, -0.15) is 0 Å². The molecule has 0 aliphatic carbocycles. The van der Waals surface area contributed by atoms with E-state index in [2.05, 4.69) is 0 Å². The van der Waals surface area contributed by atoms with Gasteiger partial charge in [0.25, 0.3) is 0 Å². The summed E-state index contributed by atoms with van der Waals surface area (Å²) >= 11 is 0. The fourth-order valence-electron chi connectivity index (χ4n) is 2.08.